The van der Waals surface area contributed by atoms with Crippen LogP contribution in [0, 0.1) is 5.92 Å². The van der Waals surface area contributed by atoms with Gasteiger partial charge in [-0.05, 0) is 71.3 Å². The van der Waals surface area contributed by atoms with Crippen molar-refractivity contribution in [3.8, 4) is 0 Å². The van der Waals surface area contributed by atoms with E-state index in [1.807, 2.05) is 13.8 Å². The number of allylic oxidation sites excluding steroid dienone is 3. The number of carbonyl (C=O) groups is 1. The van der Waals surface area contributed by atoms with Gasteiger partial charge in [-0.2, -0.15) is 0 Å². The van der Waals surface area contributed by atoms with Crippen LogP contribution in [-0.2, 0) is 14.3 Å². The summed E-state index contributed by atoms with van der Waals surface area (Å²) < 4.78 is 11.0. The average molecular weight is 294 g/mol. The Bertz CT molecular complexity index is 403. The summed E-state index contributed by atoms with van der Waals surface area (Å²) in [5.41, 5.74) is 2.37. The van der Waals surface area contributed by atoms with E-state index in [2.05, 4.69) is 26.8 Å². The first-order chi connectivity index (χ1) is 9.90. The van der Waals surface area contributed by atoms with Crippen molar-refractivity contribution < 1.29 is 14.3 Å². The summed E-state index contributed by atoms with van der Waals surface area (Å²) in [5, 5.41) is 0. The highest BCUT2D eigenvalue weighted by molar-refractivity contribution is 5.87. The number of rotatable bonds is 7. The standard InChI is InChI=1S/C18H30O3/c1-13(2)7-6-8-14(3)11-12-20-18(19)17-15(4)9-10-16(5)21-17/h7,14,16H,6,8-12H2,1-5H3/t14-,16?/m0/s1. The normalized spacial score (nSPS) is 19.8. The highest BCUT2D eigenvalue weighted by atomic mass is 16.6. The molecule has 0 N–H and O–H groups in total. The second-order valence-electron chi connectivity index (χ2n) is 6.47. The second-order valence-corrected chi connectivity index (χ2v) is 6.47. The molecular weight excluding hydrogens is 264 g/mol. The van der Waals surface area contributed by atoms with Crippen LogP contribution >= 0.6 is 0 Å². The molecule has 0 aromatic rings. The molecule has 1 aliphatic heterocycles. The topological polar surface area (TPSA) is 35.5 Å². The maximum absolute atomic E-state index is 12.0. The maximum atomic E-state index is 12.0. The van der Waals surface area contributed by atoms with Gasteiger partial charge < -0.3 is 9.47 Å². The van der Waals surface area contributed by atoms with Crippen LogP contribution in [0.5, 0.6) is 0 Å². The minimum atomic E-state index is -0.296. The minimum absolute atomic E-state index is 0.110. The van der Waals surface area contributed by atoms with Gasteiger partial charge in [0.25, 0.3) is 0 Å². The fourth-order valence-electron chi connectivity index (χ4n) is 2.34. The van der Waals surface area contributed by atoms with Crippen LogP contribution in [0.3, 0.4) is 0 Å². The molecule has 21 heavy (non-hydrogen) atoms. The lowest BCUT2D eigenvalue weighted by Gasteiger charge is -2.23. The Morgan fingerprint density at radius 2 is 2.14 bits per heavy atom. The van der Waals surface area contributed by atoms with Gasteiger partial charge in [0.1, 0.15) is 0 Å². The van der Waals surface area contributed by atoms with Crippen LogP contribution in [0.2, 0.25) is 0 Å². The van der Waals surface area contributed by atoms with E-state index in [4.69, 9.17) is 9.47 Å². The molecule has 0 amide bonds. The molecule has 1 unspecified atom stereocenters. The molecule has 1 aliphatic rings. The van der Waals surface area contributed by atoms with Crippen molar-refractivity contribution in [2.45, 2.75) is 72.8 Å². The van der Waals surface area contributed by atoms with Crippen molar-refractivity contribution in [2.75, 3.05) is 6.61 Å². The average Bonchev–Trinajstić information content (AvgIpc) is 2.41. The maximum Gasteiger partial charge on any atom is 0.373 e. The van der Waals surface area contributed by atoms with Crippen LogP contribution in [0.4, 0.5) is 0 Å². The first-order valence-electron chi connectivity index (χ1n) is 8.07. The van der Waals surface area contributed by atoms with Crippen molar-refractivity contribution in [1.29, 1.82) is 0 Å². The molecule has 0 fully saturated rings. The zero-order chi connectivity index (χ0) is 15.8. The lowest BCUT2D eigenvalue weighted by molar-refractivity contribution is -0.145. The molecule has 0 bridgehead atoms. The quantitative estimate of drug-likeness (QED) is 0.501. The molecule has 120 valence electrons. The molecule has 3 nitrogen and oxygen atoms in total. The molecule has 2 atom stereocenters. The molecule has 0 saturated carbocycles. The van der Waals surface area contributed by atoms with Crippen LogP contribution in [0.15, 0.2) is 23.0 Å². The van der Waals surface area contributed by atoms with E-state index in [1.54, 1.807) is 0 Å². The molecule has 0 radical (unpaired) electrons. The van der Waals surface area contributed by atoms with Crippen molar-refractivity contribution >= 4 is 5.97 Å². The Balaban J connectivity index is 2.28. The second kappa shape index (κ2) is 8.91. The van der Waals surface area contributed by atoms with Crippen molar-refractivity contribution in [1.82, 2.24) is 0 Å². The summed E-state index contributed by atoms with van der Waals surface area (Å²) in [7, 11) is 0. The van der Waals surface area contributed by atoms with Crippen LogP contribution in [0.25, 0.3) is 0 Å². The Hall–Kier alpha value is -1.25. The van der Waals surface area contributed by atoms with E-state index in [1.165, 1.54) is 5.57 Å². The van der Waals surface area contributed by atoms with Gasteiger partial charge >= 0.3 is 5.97 Å². The van der Waals surface area contributed by atoms with Gasteiger partial charge in [-0.25, -0.2) is 4.79 Å². The summed E-state index contributed by atoms with van der Waals surface area (Å²) in [5.74, 6) is 0.705. The van der Waals surface area contributed by atoms with Crippen molar-refractivity contribution in [2.24, 2.45) is 5.92 Å². The van der Waals surface area contributed by atoms with Crippen LogP contribution in [-0.4, -0.2) is 18.7 Å². The first-order valence-corrected chi connectivity index (χ1v) is 8.07. The minimum Gasteiger partial charge on any atom is -0.484 e. The lowest BCUT2D eigenvalue weighted by atomic mass is 10.0. The van der Waals surface area contributed by atoms with Gasteiger partial charge in [-0.3, -0.25) is 0 Å². The highest BCUT2D eigenvalue weighted by Crippen LogP contribution is 2.24. The van der Waals surface area contributed by atoms with Gasteiger partial charge in [-0.15, -0.1) is 0 Å². The summed E-state index contributed by atoms with van der Waals surface area (Å²) in [6, 6.07) is 0. The van der Waals surface area contributed by atoms with Crippen LogP contribution < -0.4 is 0 Å². The largest absolute Gasteiger partial charge is 0.484 e. The smallest absolute Gasteiger partial charge is 0.373 e. The first kappa shape index (κ1) is 17.8. The van der Waals surface area contributed by atoms with Gasteiger partial charge in [-0.1, -0.05) is 18.6 Å². The number of hydrogen-bond acceptors (Lipinski definition) is 3. The zero-order valence-corrected chi connectivity index (χ0v) is 14.2. The number of carbonyl (C=O) groups excluding carboxylic acids is 1. The molecule has 0 spiro atoms. The van der Waals surface area contributed by atoms with E-state index in [-0.39, 0.29) is 12.1 Å². The van der Waals surface area contributed by atoms with Crippen LogP contribution in [0.1, 0.15) is 66.7 Å². The molecule has 0 saturated heterocycles. The van der Waals surface area contributed by atoms with E-state index >= 15 is 0 Å². The van der Waals surface area contributed by atoms with Crippen molar-refractivity contribution in [3.05, 3.63) is 23.0 Å². The molecule has 0 aromatic heterocycles. The summed E-state index contributed by atoms with van der Waals surface area (Å²) in [6.07, 6.45) is 7.41. The summed E-state index contributed by atoms with van der Waals surface area (Å²) in [6.45, 7) is 10.9. The molecule has 0 aromatic carbocycles. The lowest BCUT2D eigenvalue weighted by Crippen LogP contribution is -2.22. The zero-order valence-electron chi connectivity index (χ0n) is 14.2. The van der Waals surface area contributed by atoms with Gasteiger partial charge in [0.2, 0.25) is 5.76 Å². The van der Waals surface area contributed by atoms with Gasteiger partial charge in [0.05, 0.1) is 12.7 Å². The monoisotopic (exact) mass is 294 g/mol. The predicted octanol–water partition coefficient (Wildman–Crippen LogP) is 4.78. The highest BCUT2D eigenvalue weighted by Gasteiger charge is 2.23. The van der Waals surface area contributed by atoms with E-state index < -0.39 is 0 Å². The van der Waals surface area contributed by atoms with Gasteiger partial charge in [0.15, 0.2) is 0 Å². The number of hydrogen-bond donors (Lipinski definition) is 0. The van der Waals surface area contributed by atoms with E-state index in [9.17, 15) is 4.79 Å². The van der Waals surface area contributed by atoms with E-state index in [0.717, 1.165) is 37.7 Å². The van der Waals surface area contributed by atoms with E-state index in [0.29, 0.717) is 18.3 Å². The number of ether oxygens (including phenoxy) is 2. The third-order valence-corrected chi connectivity index (χ3v) is 3.87. The Morgan fingerprint density at radius 3 is 2.81 bits per heavy atom. The molecular formula is C18H30O3. The fourth-order valence-corrected chi connectivity index (χ4v) is 2.34. The Labute approximate surface area is 129 Å². The third kappa shape index (κ3) is 6.83. The molecule has 0 aliphatic carbocycles. The Morgan fingerprint density at radius 1 is 1.43 bits per heavy atom. The summed E-state index contributed by atoms with van der Waals surface area (Å²) in [4.78, 5) is 12.0. The molecule has 1 heterocycles. The number of esters is 1. The fraction of sp³-hybridized carbons (Fsp3) is 0.722. The molecule has 1 rings (SSSR count). The van der Waals surface area contributed by atoms with Gasteiger partial charge in [0, 0.05) is 0 Å². The summed E-state index contributed by atoms with van der Waals surface area (Å²) >= 11 is 0. The molecule has 3 heteroatoms. The van der Waals surface area contributed by atoms with Crippen molar-refractivity contribution in [3.63, 3.8) is 0 Å². The third-order valence-electron chi connectivity index (χ3n) is 3.87. The predicted molar refractivity (Wildman–Crippen MR) is 85.9 cm³/mol. The SMILES string of the molecule is CC(C)=CCC[C@H](C)CCOC(=O)C1=C(C)CCC(C)O1. The Kier molecular flexibility index (Phi) is 7.55.